The minimum atomic E-state index is -0.587. The molecule has 1 atom stereocenters. The number of halogens is 1. The second-order valence-corrected chi connectivity index (χ2v) is 5.77. The van der Waals surface area contributed by atoms with Crippen molar-refractivity contribution in [1.82, 2.24) is 5.32 Å². The molecule has 0 bridgehead atoms. The normalized spacial score (nSPS) is 12.1. The maximum absolute atomic E-state index is 11.9. The first kappa shape index (κ1) is 16.5. The predicted octanol–water partition coefficient (Wildman–Crippen LogP) is 2.35. The van der Waals surface area contributed by atoms with Gasteiger partial charge in [0.15, 0.2) is 6.61 Å². The third-order valence-corrected chi connectivity index (χ3v) is 3.62. The first-order valence-electron chi connectivity index (χ1n) is 6.32. The third kappa shape index (κ3) is 4.85. The fraction of sp³-hybridized carbons (Fsp3) is 0.429. The van der Waals surface area contributed by atoms with Crippen LogP contribution in [0.5, 0.6) is 0 Å². The number of nitrogen functional groups attached to an aromatic ring is 1. The van der Waals surface area contributed by atoms with Gasteiger partial charge in [0.2, 0.25) is 0 Å². The van der Waals surface area contributed by atoms with Gasteiger partial charge in [-0.2, -0.15) is 0 Å². The first-order valence-corrected chi connectivity index (χ1v) is 7.12. The average Bonchev–Trinajstić information content (AvgIpc) is 2.38. The summed E-state index contributed by atoms with van der Waals surface area (Å²) >= 11 is 3.24. The lowest BCUT2D eigenvalue weighted by molar-refractivity contribution is -0.125. The van der Waals surface area contributed by atoms with Crippen molar-refractivity contribution in [2.75, 3.05) is 12.3 Å². The van der Waals surface area contributed by atoms with Gasteiger partial charge < -0.3 is 15.8 Å². The number of anilines is 1. The predicted molar refractivity (Wildman–Crippen MR) is 81.3 cm³/mol. The number of amides is 1. The zero-order valence-electron chi connectivity index (χ0n) is 11.8. The number of hydrogen-bond donors (Lipinski definition) is 2. The summed E-state index contributed by atoms with van der Waals surface area (Å²) in [7, 11) is 0. The van der Waals surface area contributed by atoms with E-state index in [0.29, 0.717) is 21.6 Å². The molecule has 0 saturated carbocycles. The van der Waals surface area contributed by atoms with Crippen molar-refractivity contribution in [3.63, 3.8) is 0 Å². The Balaban J connectivity index is 2.55. The van der Waals surface area contributed by atoms with Crippen molar-refractivity contribution < 1.29 is 14.3 Å². The van der Waals surface area contributed by atoms with Crippen LogP contribution in [0.25, 0.3) is 0 Å². The highest BCUT2D eigenvalue weighted by molar-refractivity contribution is 9.10. The molecule has 1 aromatic rings. The van der Waals surface area contributed by atoms with Gasteiger partial charge >= 0.3 is 5.97 Å². The average molecular weight is 343 g/mol. The summed E-state index contributed by atoms with van der Waals surface area (Å²) in [5, 5.41) is 2.76. The van der Waals surface area contributed by atoms with Crippen molar-refractivity contribution in [2.45, 2.75) is 26.8 Å². The Morgan fingerprint density at radius 1 is 1.35 bits per heavy atom. The minimum Gasteiger partial charge on any atom is -0.452 e. The van der Waals surface area contributed by atoms with E-state index in [1.165, 1.54) is 6.07 Å². The maximum atomic E-state index is 11.9. The van der Waals surface area contributed by atoms with Crippen molar-refractivity contribution in [1.29, 1.82) is 0 Å². The fourth-order valence-electron chi connectivity index (χ4n) is 1.37. The van der Waals surface area contributed by atoms with Gasteiger partial charge in [-0.3, -0.25) is 4.79 Å². The Hall–Kier alpha value is -1.56. The van der Waals surface area contributed by atoms with E-state index in [9.17, 15) is 9.59 Å². The molecular formula is C14H19BrN2O3. The van der Waals surface area contributed by atoms with Crippen molar-refractivity contribution in [2.24, 2.45) is 5.92 Å². The summed E-state index contributed by atoms with van der Waals surface area (Å²) < 4.78 is 5.55. The van der Waals surface area contributed by atoms with E-state index in [1.54, 1.807) is 12.1 Å². The number of rotatable bonds is 5. The molecule has 1 aromatic carbocycles. The summed E-state index contributed by atoms with van der Waals surface area (Å²) in [4.78, 5) is 23.5. The second-order valence-electron chi connectivity index (χ2n) is 4.92. The Morgan fingerprint density at radius 2 is 2.00 bits per heavy atom. The van der Waals surface area contributed by atoms with Gasteiger partial charge in [0.25, 0.3) is 5.91 Å². The van der Waals surface area contributed by atoms with Crippen LogP contribution in [0.1, 0.15) is 31.1 Å². The van der Waals surface area contributed by atoms with Gasteiger partial charge in [-0.05, 0) is 47.0 Å². The van der Waals surface area contributed by atoms with E-state index in [-0.39, 0.29) is 18.6 Å². The molecule has 3 N–H and O–H groups in total. The number of hydrogen-bond acceptors (Lipinski definition) is 4. The van der Waals surface area contributed by atoms with Gasteiger partial charge in [-0.1, -0.05) is 13.8 Å². The van der Waals surface area contributed by atoms with E-state index in [0.717, 1.165) is 0 Å². The van der Waals surface area contributed by atoms with Crippen LogP contribution in [0.2, 0.25) is 0 Å². The summed E-state index contributed by atoms with van der Waals surface area (Å²) in [5.74, 6) is -0.589. The van der Waals surface area contributed by atoms with Crippen LogP contribution in [-0.4, -0.2) is 24.5 Å². The standard InChI is InChI=1S/C14H19BrN2O3/c1-8(2)9(3)17-13(18)7-20-14(19)11-6-10(16)4-5-12(11)15/h4-6,8-9H,7,16H2,1-3H3,(H,17,18). The highest BCUT2D eigenvalue weighted by Crippen LogP contribution is 2.20. The lowest BCUT2D eigenvalue weighted by Crippen LogP contribution is -2.38. The van der Waals surface area contributed by atoms with Crippen LogP contribution in [-0.2, 0) is 9.53 Å². The molecule has 0 aliphatic rings. The Bertz CT molecular complexity index is 503. The molecule has 0 heterocycles. The Morgan fingerprint density at radius 3 is 2.60 bits per heavy atom. The molecule has 1 amide bonds. The monoisotopic (exact) mass is 342 g/mol. The molecule has 5 nitrogen and oxygen atoms in total. The van der Waals surface area contributed by atoms with Crippen LogP contribution in [0.15, 0.2) is 22.7 Å². The number of benzene rings is 1. The van der Waals surface area contributed by atoms with Crippen LogP contribution in [0.3, 0.4) is 0 Å². The van der Waals surface area contributed by atoms with E-state index in [2.05, 4.69) is 21.2 Å². The van der Waals surface area contributed by atoms with Crippen LogP contribution in [0.4, 0.5) is 5.69 Å². The lowest BCUT2D eigenvalue weighted by Gasteiger charge is -2.17. The number of carbonyl (C=O) groups is 2. The van der Waals surface area contributed by atoms with Crippen molar-refractivity contribution in [3.05, 3.63) is 28.2 Å². The summed E-state index contributed by atoms with van der Waals surface area (Å²) in [6.07, 6.45) is 0. The molecule has 0 aromatic heterocycles. The molecule has 0 fully saturated rings. The number of carbonyl (C=O) groups excluding carboxylic acids is 2. The molecule has 20 heavy (non-hydrogen) atoms. The van der Waals surface area contributed by atoms with Gasteiger partial charge in [0.05, 0.1) is 5.56 Å². The molecule has 0 radical (unpaired) electrons. The highest BCUT2D eigenvalue weighted by Gasteiger charge is 2.15. The number of esters is 1. The van der Waals surface area contributed by atoms with Gasteiger partial charge in [-0.25, -0.2) is 4.79 Å². The van der Waals surface area contributed by atoms with E-state index < -0.39 is 5.97 Å². The number of ether oxygens (including phenoxy) is 1. The number of nitrogens with two attached hydrogens (primary N) is 1. The van der Waals surface area contributed by atoms with E-state index >= 15 is 0 Å². The maximum Gasteiger partial charge on any atom is 0.339 e. The molecule has 0 aliphatic heterocycles. The molecule has 0 aliphatic carbocycles. The molecule has 1 rings (SSSR count). The van der Waals surface area contributed by atoms with Gasteiger partial charge in [-0.15, -0.1) is 0 Å². The fourth-order valence-corrected chi connectivity index (χ4v) is 1.78. The highest BCUT2D eigenvalue weighted by atomic mass is 79.9. The molecule has 6 heteroatoms. The zero-order valence-corrected chi connectivity index (χ0v) is 13.4. The summed E-state index contributed by atoms with van der Waals surface area (Å²) in [6, 6.07) is 4.85. The SMILES string of the molecule is CC(C)C(C)NC(=O)COC(=O)c1cc(N)ccc1Br. The minimum absolute atomic E-state index is 0.0281. The molecule has 110 valence electrons. The van der Waals surface area contributed by atoms with E-state index in [1.807, 2.05) is 20.8 Å². The molecular weight excluding hydrogens is 324 g/mol. The van der Waals surface area contributed by atoms with Gasteiger partial charge in [0.1, 0.15) is 0 Å². The Kier molecular flexibility index (Phi) is 6.01. The van der Waals surface area contributed by atoms with E-state index in [4.69, 9.17) is 10.5 Å². The third-order valence-electron chi connectivity index (χ3n) is 2.93. The quantitative estimate of drug-likeness (QED) is 0.635. The van der Waals surface area contributed by atoms with Crippen LogP contribution < -0.4 is 11.1 Å². The summed E-state index contributed by atoms with van der Waals surface area (Å²) in [6.45, 7) is 5.59. The van der Waals surface area contributed by atoms with Crippen LogP contribution >= 0.6 is 15.9 Å². The number of nitrogens with one attached hydrogen (secondary N) is 1. The second kappa shape index (κ2) is 7.28. The summed E-state index contributed by atoms with van der Waals surface area (Å²) in [5.41, 5.74) is 6.37. The Labute approximate surface area is 127 Å². The topological polar surface area (TPSA) is 81.4 Å². The van der Waals surface area contributed by atoms with Crippen LogP contribution in [0, 0.1) is 5.92 Å². The largest absolute Gasteiger partial charge is 0.452 e. The van der Waals surface area contributed by atoms with Crippen molar-refractivity contribution >= 4 is 33.5 Å². The van der Waals surface area contributed by atoms with Crippen molar-refractivity contribution in [3.8, 4) is 0 Å². The molecule has 0 spiro atoms. The first-order chi connectivity index (χ1) is 9.31. The van der Waals surface area contributed by atoms with Gasteiger partial charge in [0, 0.05) is 16.2 Å². The smallest absolute Gasteiger partial charge is 0.339 e. The molecule has 1 unspecified atom stereocenters. The zero-order chi connectivity index (χ0) is 15.3. The molecule has 0 saturated heterocycles. The lowest BCUT2D eigenvalue weighted by atomic mass is 10.1.